The predicted octanol–water partition coefficient (Wildman–Crippen LogP) is 3.25. The zero-order valence-electron chi connectivity index (χ0n) is 22.4. The van der Waals surface area contributed by atoms with Crippen LogP contribution in [-0.2, 0) is 9.59 Å². The van der Waals surface area contributed by atoms with Gasteiger partial charge in [-0.25, -0.2) is 4.99 Å². The van der Waals surface area contributed by atoms with Crippen LogP contribution in [0, 0.1) is 11.8 Å². The average Bonchev–Trinajstić information content (AvgIpc) is 3.69. The minimum atomic E-state index is -0.935. The number of guanidine groups is 1. The minimum absolute atomic E-state index is 0.0864. The molecule has 4 N–H and O–H groups in total. The molecule has 5 unspecified atom stereocenters. The van der Waals surface area contributed by atoms with Crippen LogP contribution >= 0.6 is 0 Å². The third-order valence-corrected chi connectivity index (χ3v) is 8.50. The Balaban J connectivity index is 1.42. The lowest BCUT2D eigenvalue weighted by Gasteiger charge is -2.42. The van der Waals surface area contributed by atoms with E-state index in [0.717, 1.165) is 24.0 Å². The van der Waals surface area contributed by atoms with Gasteiger partial charge in [-0.05, 0) is 56.7 Å². The highest BCUT2D eigenvalue weighted by atomic mass is 16.5. The molecule has 38 heavy (non-hydrogen) atoms. The first kappa shape index (κ1) is 26.2. The maximum atomic E-state index is 13.6. The molecule has 1 aliphatic carbocycles. The summed E-state index contributed by atoms with van der Waals surface area (Å²) in [6, 6.07) is 10.1. The van der Waals surface area contributed by atoms with Crippen LogP contribution in [-0.4, -0.2) is 50.0 Å². The number of hydrogen-bond donors (Lipinski definition) is 3. The zero-order valence-corrected chi connectivity index (χ0v) is 22.4. The lowest BCUT2D eigenvalue weighted by Crippen LogP contribution is -2.54. The summed E-state index contributed by atoms with van der Waals surface area (Å²) in [5.74, 6) is 0.0730. The molecule has 1 saturated carbocycles. The molecule has 9 heteroatoms. The molecule has 5 atom stereocenters. The fourth-order valence-electron chi connectivity index (χ4n) is 5.95. The number of nitrogens with one attached hydrogen (secondary N) is 1. The van der Waals surface area contributed by atoms with Gasteiger partial charge in [-0.3, -0.25) is 19.5 Å². The highest BCUT2D eigenvalue weighted by Gasteiger charge is 2.54. The van der Waals surface area contributed by atoms with Crippen molar-refractivity contribution in [3.63, 3.8) is 0 Å². The molecule has 2 aromatic rings. The van der Waals surface area contributed by atoms with Gasteiger partial charge >= 0.3 is 0 Å². The molecule has 9 nitrogen and oxygen atoms in total. The second-order valence-corrected chi connectivity index (χ2v) is 11.3. The second kappa shape index (κ2) is 9.69. The summed E-state index contributed by atoms with van der Waals surface area (Å²) in [7, 11) is 0. The van der Waals surface area contributed by atoms with Crippen LogP contribution in [0.15, 0.2) is 53.8 Å². The summed E-state index contributed by atoms with van der Waals surface area (Å²) in [5.41, 5.74) is 6.66. The van der Waals surface area contributed by atoms with Gasteiger partial charge < -0.3 is 20.9 Å². The number of benzene rings is 1. The van der Waals surface area contributed by atoms with Crippen molar-refractivity contribution in [2.24, 2.45) is 22.6 Å². The summed E-state index contributed by atoms with van der Waals surface area (Å²) < 4.78 is 6.00. The van der Waals surface area contributed by atoms with Gasteiger partial charge in [0.05, 0.1) is 24.0 Å². The van der Waals surface area contributed by atoms with E-state index in [1.165, 1.54) is 0 Å². The van der Waals surface area contributed by atoms with Crippen molar-refractivity contribution in [2.45, 2.75) is 82.7 Å². The maximum Gasteiger partial charge on any atom is 0.232 e. The summed E-state index contributed by atoms with van der Waals surface area (Å²) in [6.45, 7) is 7.66. The van der Waals surface area contributed by atoms with Crippen molar-refractivity contribution in [1.82, 2.24) is 15.2 Å². The van der Waals surface area contributed by atoms with Gasteiger partial charge in [-0.2, -0.15) is 0 Å². The molecule has 0 bridgehead atoms. The van der Waals surface area contributed by atoms with E-state index in [4.69, 9.17) is 15.5 Å². The molecular weight excluding hydrogens is 482 g/mol. The molecule has 3 heterocycles. The fraction of sp³-hybridized carbons (Fsp3) is 0.517. The van der Waals surface area contributed by atoms with E-state index in [1.807, 2.05) is 64.1 Å². The average molecular weight is 520 g/mol. The first-order valence-corrected chi connectivity index (χ1v) is 13.4. The number of rotatable bonds is 7. The van der Waals surface area contributed by atoms with Crippen molar-refractivity contribution in [1.29, 1.82) is 0 Å². The monoisotopic (exact) mass is 519 g/mol. The van der Waals surface area contributed by atoms with Crippen LogP contribution in [0.2, 0.25) is 0 Å². The van der Waals surface area contributed by atoms with Gasteiger partial charge in [0, 0.05) is 23.9 Å². The molecule has 1 aromatic heterocycles. The van der Waals surface area contributed by atoms with Crippen LogP contribution in [0.5, 0.6) is 5.75 Å². The first-order valence-electron chi connectivity index (χ1n) is 13.4. The van der Waals surface area contributed by atoms with E-state index in [1.54, 1.807) is 17.3 Å². The third kappa shape index (κ3) is 4.53. The second-order valence-electron chi connectivity index (χ2n) is 11.3. The summed E-state index contributed by atoms with van der Waals surface area (Å²) in [5, 5.41) is 14.2. The Bertz CT molecular complexity index is 1240. The molecule has 1 aromatic carbocycles. The number of para-hydroxylation sites is 1. The standard InChI is InChI=1S/C29H37N5O4/c1-5-29(6-2)15-22(35)34(27(30)33-29)24(17-10-9-13-31-16-17)19-14-20(19)26(37)32-23-18-11-7-8-12-21(18)38-28(3,4)25(23)36/h7-13,16,19-20,23-25,36H,5-6,14-15H2,1-4H3,(H2,30,33)(H,32,37). The third-order valence-electron chi connectivity index (χ3n) is 8.50. The van der Waals surface area contributed by atoms with Crippen molar-refractivity contribution in [3.05, 3.63) is 59.9 Å². The van der Waals surface area contributed by atoms with Crippen molar-refractivity contribution >= 4 is 17.8 Å². The Morgan fingerprint density at radius 3 is 2.63 bits per heavy atom. The number of aliphatic hydroxyl groups excluding tert-OH is 1. The number of ether oxygens (including phenoxy) is 1. The molecule has 3 aliphatic rings. The highest BCUT2D eigenvalue weighted by molar-refractivity contribution is 5.99. The smallest absolute Gasteiger partial charge is 0.232 e. The topological polar surface area (TPSA) is 130 Å². The molecule has 1 fully saturated rings. The Hall–Kier alpha value is -3.46. The van der Waals surface area contributed by atoms with Crippen LogP contribution in [0.4, 0.5) is 0 Å². The quantitative estimate of drug-likeness (QED) is 0.515. The summed E-state index contributed by atoms with van der Waals surface area (Å²) in [6.07, 6.45) is 4.78. The lowest BCUT2D eigenvalue weighted by molar-refractivity contribution is -0.133. The number of aliphatic imine (C=N–C) groups is 1. The van der Waals surface area contributed by atoms with Crippen LogP contribution in [0.3, 0.4) is 0 Å². The van der Waals surface area contributed by atoms with E-state index >= 15 is 0 Å². The van der Waals surface area contributed by atoms with E-state index in [-0.39, 0.29) is 36.0 Å². The van der Waals surface area contributed by atoms with Crippen molar-refractivity contribution < 1.29 is 19.4 Å². The molecular formula is C29H37N5O4. The number of aromatic nitrogens is 1. The van der Waals surface area contributed by atoms with E-state index in [9.17, 15) is 14.7 Å². The van der Waals surface area contributed by atoms with E-state index in [2.05, 4.69) is 10.3 Å². The molecule has 5 rings (SSSR count). The largest absolute Gasteiger partial charge is 0.485 e. The Morgan fingerprint density at radius 2 is 1.97 bits per heavy atom. The van der Waals surface area contributed by atoms with E-state index in [0.29, 0.717) is 12.2 Å². The number of amides is 2. The molecule has 202 valence electrons. The number of carbonyl (C=O) groups is 2. The SMILES string of the molecule is CCC1(CC)CC(=O)N(C(c2cccnc2)C2CC2C(=O)NC2c3ccccc3OC(C)(C)C2O)C(N)=N1. The zero-order chi connectivity index (χ0) is 27.2. The molecule has 0 spiro atoms. The Kier molecular flexibility index (Phi) is 6.67. The Morgan fingerprint density at radius 1 is 1.24 bits per heavy atom. The number of nitrogens with two attached hydrogens (primary N) is 1. The van der Waals surface area contributed by atoms with Gasteiger partial charge in [-0.15, -0.1) is 0 Å². The molecule has 2 aliphatic heterocycles. The number of nitrogens with zero attached hydrogens (tertiary/aromatic N) is 3. The van der Waals surface area contributed by atoms with Gasteiger partial charge in [0.2, 0.25) is 11.8 Å². The van der Waals surface area contributed by atoms with E-state index < -0.39 is 29.3 Å². The highest BCUT2D eigenvalue weighted by Crippen LogP contribution is 2.52. The minimum Gasteiger partial charge on any atom is -0.485 e. The number of fused-ring (bicyclic) bond motifs is 1. The predicted molar refractivity (Wildman–Crippen MR) is 143 cm³/mol. The fourth-order valence-corrected chi connectivity index (χ4v) is 5.95. The normalized spacial score (nSPS) is 28.0. The van der Waals surface area contributed by atoms with Crippen LogP contribution in [0.25, 0.3) is 0 Å². The van der Waals surface area contributed by atoms with Gasteiger partial charge in [0.25, 0.3) is 0 Å². The van der Waals surface area contributed by atoms with Gasteiger partial charge in [0.1, 0.15) is 17.5 Å². The number of pyridine rings is 1. The molecule has 0 radical (unpaired) electrons. The van der Waals surface area contributed by atoms with Crippen LogP contribution < -0.4 is 15.8 Å². The van der Waals surface area contributed by atoms with Crippen molar-refractivity contribution in [2.75, 3.05) is 0 Å². The number of hydrogen-bond acceptors (Lipinski definition) is 7. The Labute approximate surface area is 223 Å². The van der Waals surface area contributed by atoms with Gasteiger partial charge in [0.15, 0.2) is 5.96 Å². The number of aliphatic hydroxyl groups is 1. The summed E-state index contributed by atoms with van der Waals surface area (Å²) in [4.78, 5) is 37.7. The maximum absolute atomic E-state index is 13.6. The lowest BCUT2D eigenvalue weighted by atomic mass is 9.86. The molecule has 0 saturated heterocycles. The first-order chi connectivity index (χ1) is 18.1. The summed E-state index contributed by atoms with van der Waals surface area (Å²) >= 11 is 0. The van der Waals surface area contributed by atoms with Crippen molar-refractivity contribution in [3.8, 4) is 5.75 Å². The number of carbonyl (C=O) groups excluding carboxylic acids is 2. The van der Waals surface area contributed by atoms with Gasteiger partial charge in [-0.1, -0.05) is 38.1 Å². The van der Waals surface area contributed by atoms with Crippen LogP contribution in [0.1, 0.15) is 76.6 Å². The molecule has 2 amide bonds.